The molecule has 0 saturated heterocycles. The first-order valence-corrected chi connectivity index (χ1v) is 12.5. The van der Waals surface area contributed by atoms with Crippen LogP contribution < -0.4 is 14.8 Å². The van der Waals surface area contributed by atoms with Crippen molar-refractivity contribution in [1.82, 2.24) is 14.9 Å². The predicted octanol–water partition coefficient (Wildman–Crippen LogP) is 6.08. The summed E-state index contributed by atoms with van der Waals surface area (Å²) in [5.41, 5.74) is 5.30. The minimum absolute atomic E-state index is 0.0365. The van der Waals surface area contributed by atoms with Gasteiger partial charge >= 0.3 is 0 Å². The monoisotopic (exact) mass is 485 g/mol. The molecule has 1 unspecified atom stereocenters. The molecule has 1 aromatic heterocycles. The standard InChI is InChI=1S/C30H35N3O3/c1-21-10-9-11-25(18-21)35-17-8-7-16-33-27-13-6-5-12-26(27)32-30(33)24(4)31-29(34)20-36-28-19-22(2)14-15-23(28)3/h5-6,9-15,18-19,24H,7-8,16-17,20H2,1-4H3,(H,31,34). The van der Waals surface area contributed by atoms with Gasteiger partial charge in [-0.25, -0.2) is 4.98 Å². The number of nitrogens with zero attached hydrogens (tertiary/aromatic N) is 2. The van der Waals surface area contributed by atoms with Gasteiger partial charge in [0.15, 0.2) is 6.61 Å². The number of para-hydroxylation sites is 2. The quantitative estimate of drug-likeness (QED) is 0.262. The number of unbranched alkanes of at least 4 members (excludes halogenated alkanes) is 1. The molecule has 4 aromatic rings. The summed E-state index contributed by atoms with van der Waals surface area (Å²) in [5, 5.41) is 3.06. The summed E-state index contributed by atoms with van der Waals surface area (Å²) in [6, 6.07) is 21.9. The van der Waals surface area contributed by atoms with Crippen LogP contribution in [0.3, 0.4) is 0 Å². The summed E-state index contributed by atoms with van der Waals surface area (Å²) in [7, 11) is 0. The molecule has 0 radical (unpaired) electrons. The lowest BCUT2D eigenvalue weighted by molar-refractivity contribution is -0.123. The maximum atomic E-state index is 12.7. The molecule has 6 heteroatoms. The average Bonchev–Trinajstić information content (AvgIpc) is 3.23. The van der Waals surface area contributed by atoms with Gasteiger partial charge in [-0.05, 0) is 87.6 Å². The number of hydrogen-bond acceptors (Lipinski definition) is 4. The van der Waals surface area contributed by atoms with Crippen LogP contribution >= 0.6 is 0 Å². The Bertz CT molecular complexity index is 1330. The van der Waals surface area contributed by atoms with E-state index in [0.717, 1.165) is 58.9 Å². The fourth-order valence-corrected chi connectivity index (χ4v) is 4.28. The SMILES string of the molecule is Cc1cccc(OCCCCn2c(C(C)NC(=O)COc3cc(C)ccc3C)nc3ccccc32)c1. The lowest BCUT2D eigenvalue weighted by Gasteiger charge is -2.17. The highest BCUT2D eigenvalue weighted by Gasteiger charge is 2.18. The zero-order valence-electron chi connectivity index (χ0n) is 21.6. The molecule has 4 rings (SSSR count). The maximum absolute atomic E-state index is 12.7. The molecule has 1 heterocycles. The van der Waals surface area contributed by atoms with Gasteiger partial charge in [0.25, 0.3) is 5.91 Å². The van der Waals surface area contributed by atoms with Crippen molar-refractivity contribution >= 4 is 16.9 Å². The van der Waals surface area contributed by atoms with E-state index in [-0.39, 0.29) is 18.6 Å². The molecule has 0 fully saturated rings. The van der Waals surface area contributed by atoms with Crippen molar-refractivity contribution < 1.29 is 14.3 Å². The maximum Gasteiger partial charge on any atom is 0.258 e. The smallest absolute Gasteiger partial charge is 0.258 e. The fraction of sp³-hybridized carbons (Fsp3) is 0.333. The molecular formula is C30H35N3O3. The third-order valence-electron chi connectivity index (χ3n) is 6.19. The van der Waals surface area contributed by atoms with Crippen LogP contribution in [0.1, 0.15) is 48.3 Å². The molecule has 0 aliphatic rings. The number of hydrogen-bond donors (Lipinski definition) is 1. The molecule has 1 atom stereocenters. The Kier molecular flexibility index (Phi) is 8.26. The number of aryl methyl sites for hydroxylation is 4. The van der Waals surface area contributed by atoms with E-state index in [2.05, 4.69) is 35.0 Å². The average molecular weight is 486 g/mol. The van der Waals surface area contributed by atoms with Gasteiger partial charge < -0.3 is 19.4 Å². The Labute approximate surface area is 213 Å². The van der Waals surface area contributed by atoms with Crippen molar-refractivity contribution in [2.45, 2.75) is 53.1 Å². The highest BCUT2D eigenvalue weighted by atomic mass is 16.5. The zero-order chi connectivity index (χ0) is 25.5. The normalized spacial score (nSPS) is 11.9. The van der Waals surface area contributed by atoms with Crippen molar-refractivity contribution in [2.24, 2.45) is 0 Å². The summed E-state index contributed by atoms with van der Waals surface area (Å²) >= 11 is 0. The molecule has 1 N–H and O–H groups in total. The number of carbonyl (C=O) groups excluding carboxylic acids is 1. The van der Waals surface area contributed by atoms with Crippen LogP contribution in [0.4, 0.5) is 0 Å². The first kappa shape index (κ1) is 25.3. The molecule has 6 nitrogen and oxygen atoms in total. The molecule has 3 aromatic carbocycles. The number of benzene rings is 3. The van der Waals surface area contributed by atoms with Crippen LogP contribution in [-0.2, 0) is 11.3 Å². The van der Waals surface area contributed by atoms with E-state index < -0.39 is 0 Å². The van der Waals surface area contributed by atoms with E-state index in [4.69, 9.17) is 14.5 Å². The van der Waals surface area contributed by atoms with Crippen molar-refractivity contribution in [2.75, 3.05) is 13.2 Å². The number of ether oxygens (including phenoxy) is 2. The number of imidazole rings is 1. The van der Waals surface area contributed by atoms with Gasteiger partial charge in [-0.1, -0.05) is 36.4 Å². The summed E-state index contributed by atoms with van der Waals surface area (Å²) in [6.45, 7) is 9.44. The molecule has 188 valence electrons. The second kappa shape index (κ2) is 11.8. The van der Waals surface area contributed by atoms with Crippen molar-refractivity contribution in [3.63, 3.8) is 0 Å². The fourth-order valence-electron chi connectivity index (χ4n) is 4.28. The molecule has 0 aliphatic heterocycles. The molecule has 1 amide bonds. The summed E-state index contributed by atoms with van der Waals surface area (Å²) in [4.78, 5) is 17.5. The summed E-state index contributed by atoms with van der Waals surface area (Å²) < 4.78 is 13.9. The highest BCUT2D eigenvalue weighted by molar-refractivity contribution is 5.79. The van der Waals surface area contributed by atoms with Crippen LogP contribution in [0.15, 0.2) is 66.7 Å². The topological polar surface area (TPSA) is 65.4 Å². The van der Waals surface area contributed by atoms with Gasteiger partial charge in [-0.2, -0.15) is 0 Å². The zero-order valence-corrected chi connectivity index (χ0v) is 21.6. The van der Waals surface area contributed by atoms with Gasteiger partial charge in [0.2, 0.25) is 0 Å². The number of carbonyl (C=O) groups is 1. The van der Waals surface area contributed by atoms with E-state index in [1.807, 2.05) is 69.3 Å². The number of fused-ring (bicyclic) bond motifs is 1. The Morgan fingerprint density at radius 3 is 2.58 bits per heavy atom. The second-order valence-electron chi connectivity index (χ2n) is 9.33. The van der Waals surface area contributed by atoms with Gasteiger partial charge in [0.1, 0.15) is 17.3 Å². The Hall–Kier alpha value is -3.80. The van der Waals surface area contributed by atoms with Crippen LogP contribution in [0.25, 0.3) is 11.0 Å². The molecule has 0 spiro atoms. The lowest BCUT2D eigenvalue weighted by Crippen LogP contribution is -2.32. The summed E-state index contributed by atoms with van der Waals surface area (Å²) in [5.74, 6) is 2.31. The van der Waals surface area contributed by atoms with Crippen LogP contribution in [0.5, 0.6) is 11.5 Å². The highest BCUT2D eigenvalue weighted by Crippen LogP contribution is 2.22. The number of aromatic nitrogens is 2. The third-order valence-corrected chi connectivity index (χ3v) is 6.19. The number of nitrogens with one attached hydrogen (secondary N) is 1. The van der Waals surface area contributed by atoms with Crippen LogP contribution in [0.2, 0.25) is 0 Å². The van der Waals surface area contributed by atoms with Gasteiger partial charge in [-0.3, -0.25) is 4.79 Å². The van der Waals surface area contributed by atoms with Gasteiger partial charge in [0.05, 0.1) is 23.7 Å². The largest absolute Gasteiger partial charge is 0.494 e. The van der Waals surface area contributed by atoms with E-state index in [0.29, 0.717) is 6.61 Å². The molecule has 0 aliphatic carbocycles. The molecular weight excluding hydrogens is 450 g/mol. The molecule has 36 heavy (non-hydrogen) atoms. The molecule has 0 bridgehead atoms. The Morgan fingerprint density at radius 1 is 0.944 bits per heavy atom. The Balaban J connectivity index is 1.36. The van der Waals surface area contributed by atoms with Crippen LogP contribution in [0, 0.1) is 20.8 Å². The van der Waals surface area contributed by atoms with E-state index in [1.54, 1.807) is 0 Å². The number of amides is 1. The number of rotatable bonds is 11. The molecule has 0 saturated carbocycles. The minimum Gasteiger partial charge on any atom is -0.494 e. The van der Waals surface area contributed by atoms with Crippen LogP contribution in [-0.4, -0.2) is 28.7 Å². The predicted molar refractivity (Wildman–Crippen MR) is 144 cm³/mol. The second-order valence-corrected chi connectivity index (χ2v) is 9.33. The first-order chi connectivity index (χ1) is 17.4. The van der Waals surface area contributed by atoms with Crippen molar-refractivity contribution in [1.29, 1.82) is 0 Å². The minimum atomic E-state index is -0.254. The van der Waals surface area contributed by atoms with Crippen molar-refractivity contribution in [3.8, 4) is 11.5 Å². The Morgan fingerprint density at radius 2 is 1.75 bits per heavy atom. The third kappa shape index (κ3) is 6.45. The summed E-state index contributed by atoms with van der Waals surface area (Å²) in [6.07, 6.45) is 1.86. The van der Waals surface area contributed by atoms with E-state index in [9.17, 15) is 4.79 Å². The van der Waals surface area contributed by atoms with Gasteiger partial charge in [0, 0.05) is 6.54 Å². The lowest BCUT2D eigenvalue weighted by atomic mass is 10.1. The van der Waals surface area contributed by atoms with Crippen molar-refractivity contribution in [3.05, 3.63) is 89.2 Å². The first-order valence-electron chi connectivity index (χ1n) is 12.5. The van der Waals surface area contributed by atoms with E-state index in [1.165, 1.54) is 5.56 Å². The van der Waals surface area contributed by atoms with Gasteiger partial charge in [-0.15, -0.1) is 0 Å². The van der Waals surface area contributed by atoms with E-state index >= 15 is 0 Å².